The number of carboxylic acids is 1. The molecule has 1 unspecified atom stereocenters. The van der Waals surface area contributed by atoms with Crippen LogP contribution in [-0.2, 0) is 11.3 Å². The minimum absolute atomic E-state index is 0.0651. The molecule has 3 nitrogen and oxygen atoms in total. The van der Waals surface area contributed by atoms with E-state index in [2.05, 4.69) is 54.3 Å². The Bertz CT molecular complexity index is 749. The van der Waals surface area contributed by atoms with Crippen molar-refractivity contribution in [3.05, 3.63) is 48.0 Å². The van der Waals surface area contributed by atoms with Crippen molar-refractivity contribution in [2.24, 2.45) is 5.92 Å². The Balaban J connectivity index is 1.65. The van der Waals surface area contributed by atoms with Gasteiger partial charge in [0.05, 0.1) is 7.85 Å². The van der Waals surface area contributed by atoms with E-state index >= 15 is 0 Å². The standard InChI is InChI=1S/C22H28BNO2/c1-2-3-13-22(23,21(25)26)19-11-14-24(15-12-19)16-18-9-6-8-17-7-4-5-10-20(17)18/h4-10,19H,2-3,11-16H2,1H3,(H,25,26). The number of hydrogen-bond donors (Lipinski definition) is 1. The molecule has 1 N–H and O–H groups in total. The normalized spacial score (nSPS) is 18.7. The van der Waals surface area contributed by atoms with Crippen molar-refractivity contribution in [2.45, 2.75) is 50.9 Å². The van der Waals surface area contributed by atoms with Gasteiger partial charge in [-0.1, -0.05) is 62.2 Å². The Kier molecular flexibility index (Phi) is 6.03. The second kappa shape index (κ2) is 8.26. The molecular weight excluding hydrogens is 321 g/mol. The third kappa shape index (κ3) is 3.96. The summed E-state index contributed by atoms with van der Waals surface area (Å²) >= 11 is 0. The third-order valence-corrected chi connectivity index (χ3v) is 5.93. The van der Waals surface area contributed by atoms with Crippen LogP contribution in [0, 0.1) is 5.92 Å². The number of benzene rings is 2. The van der Waals surface area contributed by atoms with E-state index in [1.807, 2.05) is 0 Å². The van der Waals surface area contributed by atoms with Crippen molar-refractivity contribution in [3.63, 3.8) is 0 Å². The van der Waals surface area contributed by atoms with Crippen LogP contribution in [0.5, 0.6) is 0 Å². The summed E-state index contributed by atoms with van der Waals surface area (Å²) in [4.78, 5) is 14.2. The molecule has 1 aliphatic rings. The number of carboxylic acid groups (broad SMARTS) is 1. The first kappa shape index (κ1) is 19.0. The van der Waals surface area contributed by atoms with Crippen LogP contribution >= 0.6 is 0 Å². The van der Waals surface area contributed by atoms with Gasteiger partial charge in [0, 0.05) is 11.9 Å². The Hall–Kier alpha value is -1.81. The Morgan fingerprint density at radius 3 is 2.58 bits per heavy atom. The van der Waals surface area contributed by atoms with Gasteiger partial charge in [0.25, 0.3) is 0 Å². The summed E-state index contributed by atoms with van der Waals surface area (Å²) in [6.07, 6.45) is 4.15. The lowest BCUT2D eigenvalue weighted by atomic mass is 9.56. The molecule has 1 aliphatic heterocycles. The predicted molar refractivity (Wildman–Crippen MR) is 108 cm³/mol. The molecule has 2 radical (unpaired) electrons. The summed E-state index contributed by atoms with van der Waals surface area (Å²) in [6.45, 7) is 4.81. The van der Waals surface area contributed by atoms with Crippen LogP contribution in [0.3, 0.4) is 0 Å². The van der Waals surface area contributed by atoms with Gasteiger partial charge in [0.2, 0.25) is 0 Å². The first-order valence-electron chi connectivity index (χ1n) is 9.76. The Morgan fingerprint density at radius 1 is 1.19 bits per heavy atom. The molecule has 2 aromatic carbocycles. The third-order valence-electron chi connectivity index (χ3n) is 5.93. The van der Waals surface area contributed by atoms with E-state index in [0.29, 0.717) is 6.42 Å². The molecule has 1 atom stereocenters. The van der Waals surface area contributed by atoms with Crippen LogP contribution in [0.4, 0.5) is 0 Å². The highest BCUT2D eigenvalue weighted by Gasteiger charge is 2.41. The van der Waals surface area contributed by atoms with Gasteiger partial charge in [0.15, 0.2) is 0 Å². The molecule has 0 bridgehead atoms. The van der Waals surface area contributed by atoms with E-state index < -0.39 is 11.3 Å². The lowest BCUT2D eigenvalue weighted by Gasteiger charge is -2.41. The highest BCUT2D eigenvalue weighted by molar-refractivity contribution is 6.27. The molecular formula is C22H28BNO2. The van der Waals surface area contributed by atoms with Crippen LogP contribution in [0.2, 0.25) is 5.31 Å². The number of piperidine rings is 1. The minimum atomic E-state index is -1.07. The maximum absolute atomic E-state index is 11.8. The number of fused-ring (bicyclic) bond motifs is 1. The summed E-state index contributed by atoms with van der Waals surface area (Å²) in [6, 6.07) is 14.9. The number of nitrogens with zero attached hydrogens (tertiary/aromatic N) is 1. The van der Waals surface area contributed by atoms with Gasteiger partial charge in [-0.2, -0.15) is 0 Å². The minimum Gasteiger partial charge on any atom is -0.481 e. The monoisotopic (exact) mass is 349 g/mol. The van der Waals surface area contributed by atoms with E-state index in [9.17, 15) is 9.90 Å². The molecule has 26 heavy (non-hydrogen) atoms. The smallest absolute Gasteiger partial charge is 0.300 e. The quantitative estimate of drug-likeness (QED) is 0.740. The second-order valence-electron chi connectivity index (χ2n) is 7.64. The number of unbranched alkanes of at least 4 members (excludes halogenated alkanes) is 1. The maximum atomic E-state index is 11.8. The second-order valence-corrected chi connectivity index (χ2v) is 7.64. The zero-order valence-electron chi connectivity index (χ0n) is 15.7. The molecule has 1 fully saturated rings. The molecule has 3 rings (SSSR count). The molecule has 1 heterocycles. The van der Waals surface area contributed by atoms with Crippen LogP contribution in [0.15, 0.2) is 42.5 Å². The first-order chi connectivity index (χ1) is 12.5. The highest BCUT2D eigenvalue weighted by Crippen LogP contribution is 2.44. The first-order valence-corrected chi connectivity index (χ1v) is 9.76. The van der Waals surface area contributed by atoms with Gasteiger partial charge < -0.3 is 5.11 Å². The van der Waals surface area contributed by atoms with Crippen molar-refractivity contribution in [1.82, 2.24) is 4.90 Å². The number of carbonyl (C=O) groups is 1. The molecule has 1 saturated heterocycles. The van der Waals surface area contributed by atoms with Gasteiger partial charge in [0.1, 0.15) is 0 Å². The van der Waals surface area contributed by atoms with Crippen LogP contribution in [-0.4, -0.2) is 36.9 Å². The van der Waals surface area contributed by atoms with E-state index in [4.69, 9.17) is 7.85 Å². The summed E-state index contributed by atoms with van der Waals surface area (Å²) in [7, 11) is 6.36. The summed E-state index contributed by atoms with van der Waals surface area (Å²) < 4.78 is 0. The van der Waals surface area contributed by atoms with Gasteiger partial charge in [-0.25, -0.2) is 0 Å². The van der Waals surface area contributed by atoms with E-state index in [1.165, 1.54) is 16.3 Å². The van der Waals surface area contributed by atoms with Crippen molar-refractivity contribution in [3.8, 4) is 0 Å². The average molecular weight is 349 g/mol. The molecule has 4 heteroatoms. The zero-order valence-corrected chi connectivity index (χ0v) is 15.7. The fourth-order valence-electron chi connectivity index (χ4n) is 4.23. The molecule has 2 aromatic rings. The SMILES string of the molecule is [B]C(CCCC)(C(=O)O)C1CCN(Cc2cccc3ccccc23)CC1. The van der Waals surface area contributed by atoms with Crippen LogP contribution in [0.25, 0.3) is 10.8 Å². The predicted octanol–water partition coefficient (Wildman–Crippen LogP) is 4.65. The molecule has 0 aliphatic carbocycles. The summed E-state index contributed by atoms with van der Waals surface area (Å²) in [5.74, 6) is -0.770. The average Bonchev–Trinajstić information content (AvgIpc) is 2.67. The molecule has 0 saturated carbocycles. The molecule has 0 amide bonds. The molecule has 0 spiro atoms. The highest BCUT2D eigenvalue weighted by atomic mass is 16.4. The Morgan fingerprint density at radius 2 is 1.88 bits per heavy atom. The lowest BCUT2D eigenvalue weighted by molar-refractivity contribution is -0.143. The zero-order chi connectivity index (χ0) is 18.6. The number of aliphatic carboxylic acids is 1. The lowest BCUT2D eigenvalue weighted by Crippen LogP contribution is -2.41. The fraction of sp³-hybridized carbons (Fsp3) is 0.500. The van der Waals surface area contributed by atoms with E-state index in [1.54, 1.807) is 0 Å². The van der Waals surface area contributed by atoms with Crippen LogP contribution < -0.4 is 0 Å². The van der Waals surface area contributed by atoms with Gasteiger partial charge >= 0.3 is 5.97 Å². The van der Waals surface area contributed by atoms with Crippen molar-refractivity contribution in [1.29, 1.82) is 0 Å². The fourth-order valence-corrected chi connectivity index (χ4v) is 4.23. The van der Waals surface area contributed by atoms with Crippen molar-refractivity contribution >= 4 is 24.6 Å². The van der Waals surface area contributed by atoms with Gasteiger partial charge in [-0.05, 0) is 54.6 Å². The topological polar surface area (TPSA) is 40.5 Å². The number of rotatable bonds is 7. The summed E-state index contributed by atoms with van der Waals surface area (Å²) in [5.41, 5.74) is 1.34. The van der Waals surface area contributed by atoms with Crippen molar-refractivity contribution in [2.75, 3.05) is 13.1 Å². The van der Waals surface area contributed by atoms with Crippen LogP contribution in [0.1, 0.15) is 44.6 Å². The Labute approximate surface area is 157 Å². The number of hydrogen-bond acceptors (Lipinski definition) is 2. The van der Waals surface area contributed by atoms with Gasteiger partial charge in [-0.3, -0.25) is 9.69 Å². The van der Waals surface area contributed by atoms with E-state index in [-0.39, 0.29) is 5.92 Å². The van der Waals surface area contributed by atoms with Gasteiger partial charge in [-0.15, -0.1) is 0 Å². The largest absolute Gasteiger partial charge is 0.481 e. The summed E-state index contributed by atoms with van der Waals surface area (Å²) in [5, 5.41) is 11.2. The number of likely N-dealkylation sites (tertiary alicyclic amines) is 1. The molecule has 0 aromatic heterocycles. The molecule has 136 valence electrons. The van der Waals surface area contributed by atoms with E-state index in [0.717, 1.165) is 45.3 Å². The van der Waals surface area contributed by atoms with Crippen molar-refractivity contribution < 1.29 is 9.90 Å². The maximum Gasteiger partial charge on any atom is 0.300 e.